The van der Waals surface area contributed by atoms with Crippen molar-refractivity contribution < 1.29 is 9.90 Å². The number of aromatic nitrogens is 1. The fourth-order valence-corrected chi connectivity index (χ4v) is 0.960. The summed E-state index contributed by atoms with van der Waals surface area (Å²) in [5, 5.41) is 8.63. The molecule has 0 saturated heterocycles. The van der Waals surface area contributed by atoms with E-state index in [1.807, 2.05) is 12.1 Å². The van der Waals surface area contributed by atoms with Crippen molar-refractivity contribution in [1.29, 1.82) is 0 Å². The van der Waals surface area contributed by atoms with E-state index in [9.17, 15) is 4.79 Å². The predicted octanol–water partition coefficient (Wildman–Crippen LogP) is 1.77. The molecule has 0 amide bonds. The van der Waals surface area contributed by atoms with E-state index >= 15 is 0 Å². The Bertz CT molecular complexity index is 264. The molecule has 1 atom stereocenters. The highest BCUT2D eigenvalue weighted by Gasteiger charge is 2.10. The highest BCUT2D eigenvalue weighted by molar-refractivity contribution is 5.85. The Kier molecular flexibility index (Phi) is 5.07. The van der Waals surface area contributed by atoms with Crippen LogP contribution in [0.1, 0.15) is 12.5 Å². The first-order valence-corrected chi connectivity index (χ1v) is 3.82. The maximum absolute atomic E-state index is 10.5. The Morgan fingerprint density at radius 1 is 1.54 bits per heavy atom. The van der Waals surface area contributed by atoms with E-state index in [-0.39, 0.29) is 18.3 Å². The zero-order valence-corrected chi connectivity index (χ0v) is 8.12. The molecule has 0 saturated carbocycles. The van der Waals surface area contributed by atoms with Gasteiger partial charge in [-0.05, 0) is 24.1 Å². The van der Waals surface area contributed by atoms with Crippen LogP contribution in [0, 0.1) is 5.92 Å². The molecule has 0 aliphatic heterocycles. The smallest absolute Gasteiger partial charge is 0.306 e. The number of hydrogen-bond donors (Lipinski definition) is 1. The number of halogens is 1. The third kappa shape index (κ3) is 3.90. The molecule has 1 heterocycles. The second-order valence-corrected chi connectivity index (χ2v) is 2.80. The third-order valence-corrected chi connectivity index (χ3v) is 1.71. The molecule has 0 fully saturated rings. The highest BCUT2D eigenvalue weighted by atomic mass is 35.5. The average Bonchev–Trinajstić information content (AvgIpc) is 2.06. The summed E-state index contributed by atoms with van der Waals surface area (Å²) in [7, 11) is 0. The summed E-state index contributed by atoms with van der Waals surface area (Å²) >= 11 is 0. The lowest BCUT2D eigenvalue weighted by Gasteiger charge is -2.04. The lowest BCUT2D eigenvalue weighted by molar-refractivity contribution is -0.141. The van der Waals surface area contributed by atoms with Crippen molar-refractivity contribution in [2.24, 2.45) is 5.92 Å². The summed E-state index contributed by atoms with van der Waals surface area (Å²) in [5.41, 5.74) is 1.01. The van der Waals surface area contributed by atoms with Crippen LogP contribution >= 0.6 is 12.4 Å². The third-order valence-electron chi connectivity index (χ3n) is 1.71. The van der Waals surface area contributed by atoms with Crippen molar-refractivity contribution in [3.63, 3.8) is 0 Å². The maximum Gasteiger partial charge on any atom is 0.306 e. The van der Waals surface area contributed by atoms with Crippen LogP contribution in [0.2, 0.25) is 0 Å². The molecule has 0 radical (unpaired) electrons. The number of carboxylic acids is 1. The maximum atomic E-state index is 10.5. The van der Waals surface area contributed by atoms with Gasteiger partial charge in [0, 0.05) is 12.4 Å². The van der Waals surface area contributed by atoms with Gasteiger partial charge in [0.15, 0.2) is 0 Å². The molecule has 0 aliphatic carbocycles. The molecule has 4 heteroatoms. The van der Waals surface area contributed by atoms with E-state index < -0.39 is 5.97 Å². The summed E-state index contributed by atoms with van der Waals surface area (Å²) in [5.74, 6) is -1.08. The quantitative estimate of drug-likeness (QED) is 0.811. The molecule has 1 aromatic rings. The van der Waals surface area contributed by atoms with Crippen LogP contribution in [-0.2, 0) is 11.2 Å². The van der Waals surface area contributed by atoms with Gasteiger partial charge in [-0.15, -0.1) is 12.4 Å². The summed E-state index contributed by atoms with van der Waals surface area (Å²) < 4.78 is 0. The second-order valence-electron chi connectivity index (χ2n) is 2.80. The molecule has 1 aromatic heterocycles. The van der Waals surface area contributed by atoms with Crippen molar-refractivity contribution in [1.82, 2.24) is 4.98 Å². The molecule has 13 heavy (non-hydrogen) atoms. The van der Waals surface area contributed by atoms with Crippen molar-refractivity contribution in [3.8, 4) is 0 Å². The molecule has 1 N–H and O–H groups in total. The SMILES string of the molecule is CC(Cc1ccncc1)C(=O)O.Cl. The number of carbonyl (C=O) groups is 1. The Hall–Kier alpha value is -1.09. The number of carboxylic acid groups (broad SMARTS) is 1. The van der Waals surface area contributed by atoms with Gasteiger partial charge in [0.2, 0.25) is 0 Å². The molecule has 0 spiro atoms. The van der Waals surface area contributed by atoms with Crippen LogP contribution in [0.25, 0.3) is 0 Å². The van der Waals surface area contributed by atoms with E-state index in [0.29, 0.717) is 6.42 Å². The molecule has 0 aliphatic rings. The van der Waals surface area contributed by atoms with E-state index in [1.54, 1.807) is 19.3 Å². The first-order valence-electron chi connectivity index (χ1n) is 3.82. The predicted molar refractivity (Wildman–Crippen MR) is 52.0 cm³/mol. The lowest BCUT2D eigenvalue weighted by atomic mass is 10.0. The van der Waals surface area contributed by atoms with Gasteiger partial charge < -0.3 is 5.11 Å². The highest BCUT2D eigenvalue weighted by Crippen LogP contribution is 2.06. The number of aliphatic carboxylic acids is 1. The van der Waals surface area contributed by atoms with Crippen molar-refractivity contribution in [2.75, 3.05) is 0 Å². The summed E-state index contributed by atoms with van der Waals surface area (Å²) in [4.78, 5) is 14.3. The summed E-state index contributed by atoms with van der Waals surface area (Å²) in [6.45, 7) is 1.70. The fraction of sp³-hybridized carbons (Fsp3) is 0.333. The van der Waals surface area contributed by atoms with E-state index in [4.69, 9.17) is 5.11 Å². The zero-order chi connectivity index (χ0) is 8.97. The van der Waals surface area contributed by atoms with Crippen LogP contribution in [0.3, 0.4) is 0 Å². The van der Waals surface area contributed by atoms with Gasteiger partial charge in [0.1, 0.15) is 0 Å². The number of hydrogen-bond acceptors (Lipinski definition) is 2. The van der Waals surface area contributed by atoms with Crippen LogP contribution in [0.15, 0.2) is 24.5 Å². The number of pyridine rings is 1. The summed E-state index contributed by atoms with van der Waals surface area (Å²) in [6, 6.07) is 3.67. The fourth-order valence-electron chi connectivity index (χ4n) is 0.960. The molecular formula is C9H12ClNO2. The summed E-state index contributed by atoms with van der Waals surface area (Å²) in [6.07, 6.45) is 3.91. The monoisotopic (exact) mass is 201 g/mol. The lowest BCUT2D eigenvalue weighted by Crippen LogP contribution is -2.12. The number of rotatable bonds is 3. The van der Waals surface area contributed by atoms with Gasteiger partial charge in [-0.2, -0.15) is 0 Å². The normalized spacial score (nSPS) is 11.5. The zero-order valence-electron chi connectivity index (χ0n) is 7.30. The Morgan fingerprint density at radius 3 is 2.54 bits per heavy atom. The largest absolute Gasteiger partial charge is 0.481 e. The Morgan fingerprint density at radius 2 is 2.08 bits per heavy atom. The molecular weight excluding hydrogens is 190 g/mol. The van der Waals surface area contributed by atoms with Crippen LogP contribution in [0.4, 0.5) is 0 Å². The second kappa shape index (κ2) is 5.54. The van der Waals surface area contributed by atoms with Crippen LogP contribution in [-0.4, -0.2) is 16.1 Å². The Labute approximate surface area is 83.2 Å². The minimum absolute atomic E-state index is 0. The molecule has 1 unspecified atom stereocenters. The molecule has 3 nitrogen and oxygen atoms in total. The standard InChI is InChI=1S/C9H11NO2.ClH/c1-7(9(11)12)6-8-2-4-10-5-3-8;/h2-5,7H,6H2,1H3,(H,11,12);1H. The minimum Gasteiger partial charge on any atom is -0.481 e. The van der Waals surface area contributed by atoms with Gasteiger partial charge in [0.05, 0.1) is 5.92 Å². The van der Waals surface area contributed by atoms with Crippen molar-refractivity contribution in [3.05, 3.63) is 30.1 Å². The molecule has 1 rings (SSSR count). The van der Waals surface area contributed by atoms with E-state index in [1.165, 1.54) is 0 Å². The van der Waals surface area contributed by atoms with E-state index in [0.717, 1.165) is 5.56 Å². The van der Waals surface area contributed by atoms with Crippen molar-refractivity contribution >= 4 is 18.4 Å². The first kappa shape index (κ1) is 11.9. The van der Waals surface area contributed by atoms with Gasteiger partial charge in [-0.25, -0.2) is 0 Å². The van der Waals surface area contributed by atoms with Gasteiger partial charge in [-0.1, -0.05) is 6.92 Å². The molecule has 0 bridgehead atoms. The molecule has 72 valence electrons. The average molecular weight is 202 g/mol. The van der Waals surface area contributed by atoms with Crippen LogP contribution in [0.5, 0.6) is 0 Å². The van der Waals surface area contributed by atoms with Crippen LogP contribution < -0.4 is 0 Å². The minimum atomic E-state index is -0.758. The van der Waals surface area contributed by atoms with Gasteiger partial charge >= 0.3 is 5.97 Å². The first-order chi connectivity index (χ1) is 5.70. The van der Waals surface area contributed by atoms with Crippen molar-refractivity contribution in [2.45, 2.75) is 13.3 Å². The van der Waals surface area contributed by atoms with Gasteiger partial charge in [0.25, 0.3) is 0 Å². The van der Waals surface area contributed by atoms with Gasteiger partial charge in [-0.3, -0.25) is 9.78 Å². The van der Waals surface area contributed by atoms with E-state index in [2.05, 4.69) is 4.98 Å². The Balaban J connectivity index is 0.00000144. The number of nitrogens with zero attached hydrogens (tertiary/aromatic N) is 1. The topological polar surface area (TPSA) is 50.2 Å². The molecule has 0 aromatic carbocycles.